The van der Waals surface area contributed by atoms with E-state index in [0.29, 0.717) is 0 Å². The third-order valence-electron chi connectivity index (χ3n) is 6.67. The smallest absolute Gasteiger partial charge is 1.00 e. The van der Waals surface area contributed by atoms with Crippen molar-refractivity contribution in [1.29, 1.82) is 0 Å². The van der Waals surface area contributed by atoms with Crippen LogP contribution in [0.15, 0.2) is 114 Å². The Morgan fingerprint density at radius 3 is 1.38 bits per heavy atom. The average Bonchev–Trinajstić information content (AvgIpc) is 3.51. The zero-order valence-corrected chi connectivity index (χ0v) is 27.2. The van der Waals surface area contributed by atoms with Gasteiger partial charge in [-0.05, 0) is 6.04 Å². The first kappa shape index (κ1) is 33.0. The first-order valence-corrected chi connectivity index (χ1v) is 13.2. The van der Waals surface area contributed by atoms with Gasteiger partial charge >= 0.3 is 26.2 Å². The van der Waals surface area contributed by atoms with Gasteiger partial charge in [0.2, 0.25) is 0 Å². The molecule has 4 heteroatoms. The van der Waals surface area contributed by atoms with Crippen LogP contribution in [0.25, 0.3) is 21.5 Å². The molecule has 0 aromatic heterocycles. The third kappa shape index (κ3) is 7.92. The van der Waals surface area contributed by atoms with Gasteiger partial charge in [-0.3, -0.25) is 0 Å². The van der Waals surface area contributed by atoms with Crippen LogP contribution < -0.4 is 24.8 Å². The van der Waals surface area contributed by atoms with Crippen molar-refractivity contribution in [2.45, 2.75) is 32.7 Å². The molecular weight excluding hydrogens is 611 g/mol. The molecule has 0 aliphatic heterocycles. The molecule has 0 nitrogen and oxygen atoms in total. The largest absolute Gasteiger partial charge is 4.00 e. The fourth-order valence-corrected chi connectivity index (χ4v) is 5.14. The standard InChI is InChI=1S/2C14H11.C7H7Si.2ClH.Zr/c2*1-10-8-12-7-6-11-4-2-3-5-13(11)14(12)9-10;8-6-7-4-2-1-3-5-7;;;/h2*2-7H,8H2,1H3;1-5H,6H2;2*1H;/q2*-1;;;;+4/p-2. The summed E-state index contributed by atoms with van der Waals surface area (Å²) < 4.78 is 0. The fraction of sp³-hybridized carbons (Fsp3) is 0.143. The number of hydrogen-bond donors (Lipinski definition) is 0. The Balaban J connectivity index is 0.000000205. The number of fused-ring (bicyclic) bond motifs is 6. The summed E-state index contributed by atoms with van der Waals surface area (Å²) in [7, 11) is 3.40. The minimum absolute atomic E-state index is 0. The Labute approximate surface area is 268 Å². The molecule has 2 aliphatic carbocycles. The Morgan fingerprint density at radius 1 is 0.564 bits per heavy atom. The SMILES string of the molecule is CC1=[C-]c2c(ccc3ccccc23)C1.CC1=[C-]c2c(ccc3ccccc23)C1.[Cl-].[Cl-].[Si]Cc1ccccc1.[Zr+4]. The molecule has 0 atom stereocenters. The molecule has 2 aliphatic rings. The normalized spacial score (nSPS) is 12.1. The van der Waals surface area contributed by atoms with E-state index in [9.17, 15) is 0 Å². The number of rotatable bonds is 1. The molecule has 0 bridgehead atoms. The van der Waals surface area contributed by atoms with Crippen LogP contribution in [-0.2, 0) is 45.1 Å². The minimum atomic E-state index is 0. The number of hydrogen-bond acceptors (Lipinski definition) is 0. The van der Waals surface area contributed by atoms with Crippen LogP contribution in [0.3, 0.4) is 0 Å². The van der Waals surface area contributed by atoms with Gasteiger partial charge in [-0.15, -0.1) is 57.3 Å². The zero-order chi connectivity index (χ0) is 24.9. The summed E-state index contributed by atoms with van der Waals surface area (Å²) in [6.45, 7) is 4.30. The van der Waals surface area contributed by atoms with Crippen LogP contribution in [0.1, 0.15) is 41.7 Å². The van der Waals surface area contributed by atoms with Crippen LogP contribution in [0.4, 0.5) is 0 Å². The van der Waals surface area contributed by atoms with Crippen molar-refractivity contribution < 1.29 is 51.0 Å². The molecular formula is C35H29Cl2SiZr. The van der Waals surface area contributed by atoms with Gasteiger partial charge in [-0.25, -0.2) is 0 Å². The summed E-state index contributed by atoms with van der Waals surface area (Å²) in [4.78, 5) is 0. The second-order valence-electron chi connectivity index (χ2n) is 9.47. The second-order valence-corrected chi connectivity index (χ2v) is 9.82. The van der Waals surface area contributed by atoms with Gasteiger partial charge in [0, 0.05) is 10.2 Å². The minimum Gasteiger partial charge on any atom is -1.00 e. The molecule has 39 heavy (non-hydrogen) atoms. The summed E-state index contributed by atoms with van der Waals surface area (Å²) in [6.07, 6.45) is 9.05. The van der Waals surface area contributed by atoms with E-state index in [-0.39, 0.29) is 51.0 Å². The van der Waals surface area contributed by atoms with E-state index in [1.54, 1.807) is 0 Å². The Kier molecular flexibility index (Phi) is 13.1. The summed E-state index contributed by atoms with van der Waals surface area (Å²) >= 11 is 0. The molecule has 0 saturated heterocycles. The molecule has 0 spiro atoms. The molecule has 0 heterocycles. The van der Waals surface area contributed by atoms with Crippen molar-refractivity contribution in [1.82, 2.24) is 0 Å². The van der Waals surface area contributed by atoms with Gasteiger partial charge < -0.3 is 24.8 Å². The van der Waals surface area contributed by atoms with E-state index in [1.807, 2.05) is 18.2 Å². The van der Waals surface area contributed by atoms with Gasteiger partial charge in [0.15, 0.2) is 0 Å². The molecule has 3 radical (unpaired) electrons. The summed E-state index contributed by atoms with van der Waals surface area (Å²) in [5, 5.41) is 5.30. The summed E-state index contributed by atoms with van der Waals surface area (Å²) in [6, 6.07) is 37.1. The number of halogens is 2. The molecule has 5 aromatic carbocycles. The summed E-state index contributed by atoms with van der Waals surface area (Å²) in [5.41, 5.74) is 9.46. The summed E-state index contributed by atoms with van der Waals surface area (Å²) in [5.74, 6) is 0. The molecule has 0 amide bonds. The molecule has 0 N–H and O–H groups in total. The van der Waals surface area contributed by atoms with Crippen LogP contribution in [0, 0.1) is 12.2 Å². The maximum Gasteiger partial charge on any atom is 4.00 e. The first-order valence-electron chi connectivity index (χ1n) is 12.5. The van der Waals surface area contributed by atoms with E-state index in [2.05, 4.69) is 121 Å². The van der Waals surface area contributed by atoms with E-state index in [1.165, 1.54) is 60.5 Å². The molecule has 0 saturated carbocycles. The molecule has 5 aromatic rings. The van der Waals surface area contributed by atoms with Gasteiger partial charge in [-0.2, -0.15) is 23.3 Å². The first-order chi connectivity index (χ1) is 17.6. The quantitative estimate of drug-likeness (QED) is 0.195. The van der Waals surface area contributed by atoms with Gasteiger partial charge in [0.1, 0.15) is 0 Å². The van der Waals surface area contributed by atoms with E-state index < -0.39 is 0 Å². The van der Waals surface area contributed by atoms with E-state index >= 15 is 0 Å². The molecule has 0 unspecified atom stereocenters. The third-order valence-corrected chi connectivity index (χ3v) is 7.07. The molecule has 191 valence electrons. The van der Waals surface area contributed by atoms with Gasteiger partial charge in [0.25, 0.3) is 0 Å². The van der Waals surface area contributed by atoms with Gasteiger partial charge in [-0.1, -0.05) is 122 Å². The van der Waals surface area contributed by atoms with Gasteiger partial charge in [0.05, 0.1) is 0 Å². The maximum absolute atomic E-state index is 3.46. The van der Waals surface area contributed by atoms with Crippen molar-refractivity contribution in [2.75, 3.05) is 0 Å². The second kappa shape index (κ2) is 15.5. The zero-order valence-electron chi connectivity index (χ0n) is 22.2. The van der Waals surface area contributed by atoms with Crippen LogP contribution >= 0.6 is 0 Å². The van der Waals surface area contributed by atoms with E-state index in [0.717, 1.165) is 18.9 Å². The number of allylic oxidation sites excluding steroid dienone is 2. The Bertz CT molecular complexity index is 1490. The number of benzene rings is 5. The molecule has 7 rings (SSSR count). The van der Waals surface area contributed by atoms with Crippen LogP contribution in [0.2, 0.25) is 0 Å². The van der Waals surface area contributed by atoms with Crippen LogP contribution in [-0.4, -0.2) is 10.2 Å². The van der Waals surface area contributed by atoms with Crippen molar-refractivity contribution in [3.8, 4) is 0 Å². The van der Waals surface area contributed by atoms with Crippen molar-refractivity contribution in [3.63, 3.8) is 0 Å². The monoisotopic (exact) mass is 637 g/mol. The van der Waals surface area contributed by atoms with Crippen molar-refractivity contribution >= 4 is 31.8 Å². The predicted octanol–water partition coefficient (Wildman–Crippen LogP) is 2.35. The maximum atomic E-state index is 3.46. The Morgan fingerprint density at radius 2 is 0.974 bits per heavy atom. The topological polar surface area (TPSA) is 0 Å². The van der Waals surface area contributed by atoms with Crippen molar-refractivity contribution in [3.05, 3.63) is 154 Å². The average molecular weight is 640 g/mol. The van der Waals surface area contributed by atoms with Crippen molar-refractivity contribution in [2.24, 2.45) is 0 Å². The fourth-order valence-electron chi connectivity index (χ4n) is 4.91. The van der Waals surface area contributed by atoms with Crippen LogP contribution in [0.5, 0.6) is 0 Å². The molecule has 0 fully saturated rings. The predicted molar refractivity (Wildman–Crippen MR) is 154 cm³/mol. The van der Waals surface area contributed by atoms with E-state index in [4.69, 9.17) is 0 Å². The Hall–Kier alpha value is -2.22.